The van der Waals surface area contributed by atoms with Gasteiger partial charge >= 0.3 is 0 Å². The second-order valence-electron chi connectivity index (χ2n) is 7.23. The monoisotopic (exact) mass is 466 g/mol. The molecule has 1 N–H and O–H groups in total. The van der Waals surface area contributed by atoms with Gasteiger partial charge in [0, 0.05) is 37.7 Å². The zero-order chi connectivity index (χ0) is 22.3. The third kappa shape index (κ3) is 3.87. The van der Waals surface area contributed by atoms with Crippen molar-refractivity contribution in [1.82, 2.24) is 19.4 Å². The average molecular weight is 467 g/mol. The van der Waals surface area contributed by atoms with Crippen LogP contribution in [0.1, 0.15) is 0 Å². The maximum absolute atomic E-state index is 12.9. The van der Waals surface area contributed by atoms with Crippen LogP contribution in [-0.2, 0) is 21.9 Å². The molecule has 0 fully saturated rings. The SMILES string of the molecule is Cn1ccnc1-c1sc(NC(=O)C2=CN3CCS(=O)(=O)N=C3C=C2)nc1-c1ccccc1. The van der Waals surface area contributed by atoms with Crippen LogP contribution in [0.2, 0.25) is 0 Å². The number of carbonyl (C=O) groups is 1. The molecular formula is C21H18N6O3S2. The number of amidine groups is 1. The first kappa shape index (κ1) is 20.3. The summed E-state index contributed by atoms with van der Waals surface area (Å²) in [4.78, 5) is 24.5. The number of aromatic nitrogens is 3. The molecule has 32 heavy (non-hydrogen) atoms. The number of imidazole rings is 1. The minimum atomic E-state index is -3.44. The van der Waals surface area contributed by atoms with Gasteiger partial charge in [0.05, 0.1) is 21.9 Å². The maximum Gasteiger partial charge on any atom is 0.258 e. The number of anilines is 1. The van der Waals surface area contributed by atoms with Crippen molar-refractivity contribution in [1.29, 1.82) is 0 Å². The van der Waals surface area contributed by atoms with Gasteiger partial charge in [0.2, 0.25) is 0 Å². The Morgan fingerprint density at radius 3 is 2.75 bits per heavy atom. The van der Waals surface area contributed by atoms with Crippen LogP contribution in [0.5, 0.6) is 0 Å². The number of nitrogens with zero attached hydrogens (tertiary/aromatic N) is 5. The molecule has 0 atom stereocenters. The summed E-state index contributed by atoms with van der Waals surface area (Å²) in [6, 6.07) is 9.73. The van der Waals surface area contributed by atoms with Crippen molar-refractivity contribution in [3.63, 3.8) is 0 Å². The molecular weight excluding hydrogens is 448 g/mol. The minimum absolute atomic E-state index is 0.0876. The smallest absolute Gasteiger partial charge is 0.258 e. The molecule has 2 aliphatic rings. The Labute approximate surface area is 188 Å². The molecule has 3 aromatic rings. The summed E-state index contributed by atoms with van der Waals surface area (Å²) in [6.07, 6.45) is 8.27. The molecule has 0 saturated carbocycles. The van der Waals surface area contributed by atoms with Crippen molar-refractivity contribution >= 4 is 38.2 Å². The molecule has 162 valence electrons. The highest BCUT2D eigenvalue weighted by molar-refractivity contribution is 7.90. The van der Waals surface area contributed by atoms with Crippen molar-refractivity contribution in [3.8, 4) is 22.0 Å². The standard InChI is InChI=1S/C21H18N6O3S2/c1-26-10-9-22-19(26)18-17(14-5-3-2-4-6-14)23-21(31-18)24-20(28)15-7-8-16-25-32(29,30)12-11-27(16)13-15/h2-10,13H,11-12H2,1H3,(H,23,24,28). The van der Waals surface area contributed by atoms with Crippen LogP contribution in [-0.4, -0.2) is 51.9 Å². The van der Waals surface area contributed by atoms with Crippen molar-refractivity contribution in [2.45, 2.75) is 0 Å². The van der Waals surface area contributed by atoms with Gasteiger partial charge < -0.3 is 9.47 Å². The topological polar surface area (TPSA) is 110 Å². The first-order valence-electron chi connectivity index (χ1n) is 9.74. The van der Waals surface area contributed by atoms with Crippen LogP contribution in [0.4, 0.5) is 5.13 Å². The molecule has 0 spiro atoms. The van der Waals surface area contributed by atoms with E-state index < -0.39 is 10.0 Å². The Hall–Kier alpha value is -3.57. The fourth-order valence-corrected chi connectivity index (χ4v) is 5.40. The first-order chi connectivity index (χ1) is 15.4. The van der Waals surface area contributed by atoms with Crippen LogP contribution >= 0.6 is 11.3 Å². The third-order valence-electron chi connectivity index (χ3n) is 5.01. The lowest BCUT2D eigenvalue weighted by Crippen LogP contribution is -2.37. The Morgan fingerprint density at radius 1 is 1.19 bits per heavy atom. The first-order valence-corrected chi connectivity index (χ1v) is 12.2. The van der Waals surface area contributed by atoms with Crippen LogP contribution < -0.4 is 5.32 Å². The number of fused-ring (bicyclic) bond motifs is 1. The molecule has 2 aliphatic heterocycles. The van der Waals surface area contributed by atoms with E-state index in [1.807, 2.05) is 48.1 Å². The van der Waals surface area contributed by atoms with E-state index in [0.29, 0.717) is 16.5 Å². The number of rotatable bonds is 4. The lowest BCUT2D eigenvalue weighted by atomic mass is 10.1. The van der Waals surface area contributed by atoms with Gasteiger partial charge in [-0.1, -0.05) is 41.7 Å². The summed E-state index contributed by atoms with van der Waals surface area (Å²) < 4.78 is 29.0. The van der Waals surface area contributed by atoms with Gasteiger partial charge in [0.1, 0.15) is 5.84 Å². The van der Waals surface area contributed by atoms with E-state index in [2.05, 4.69) is 19.7 Å². The summed E-state index contributed by atoms with van der Waals surface area (Å²) >= 11 is 1.35. The molecule has 0 aliphatic carbocycles. The molecule has 5 rings (SSSR count). The number of benzene rings is 1. The lowest BCUT2D eigenvalue weighted by Gasteiger charge is -2.26. The van der Waals surface area contributed by atoms with Crippen molar-refractivity contribution in [3.05, 3.63) is 66.7 Å². The van der Waals surface area contributed by atoms with Gasteiger partial charge in [-0.15, -0.1) is 4.40 Å². The number of nitrogens with one attached hydrogen (secondary N) is 1. The number of sulfonamides is 1. The van der Waals surface area contributed by atoms with Gasteiger partial charge in [-0.2, -0.15) is 0 Å². The van der Waals surface area contributed by atoms with E-state index >= 15 is 0 Å². The summed E-state index contributed by atoms with van der Waals surface area (Å²) in [5, 5.41) is 3.31. The predicted octanol–water partition coefficient (Wildman–Crippen LogP) is 2.65. The maximum atomic E-state index is 12.9. The fourth-order valence-electron chi connectivity index (χ4n) is 3.41. The van der Waals surface area contributed by atoms with Gasteiger partial charge in [-0.25, -0.2) is 18.4 Å². The number of thiazole rings is 1. The van der Waals surface area contributed by atoms with Crippen molar-refractivity contribution < 1.29 is 13.2 Å². The molecule has 1 amide bonds. The van der Waals surface area contributed by atoms with Crippen LogP contribution in [0.25, 0.3) is 22.0 Å². The Morgan fingerprint density at radius 2 is 2.00 bits per heavy atom. The number of hydrogen-bond acceptors (Lipinski definition) is 7. The number of hydrogen-bond donors (Lipinski definition) is 1. The van der Waals surface area contributed by atoms with Crippen LogP contribution in [0.3, 0.4) is 0 Å². The Kier molecular flexibility index (Phi) is 4.98. The largest absolute Gasteiger partial charge is 0.333 e. The molecule has 9 nitrogen and oxygen atoms in total. The highest BCUT2D eigenvalue weighted by atomic mass is 32.2. The minimum Gasteiger partial charge on any atom is -0.333 e. The van der Waals surface area contributed by atoms with E-state index in [0.717, 1.165) is 22.0 Å². The lowest BCUT2D eigenvalue weighted by molar-refractivity contribution is -0.112. The summed E-state index contributed by atoms with van der Waals surface area (Å²) in [5.41, 5.74) is 2.05. The molecule has 0 bridgehead atoms. The second-order valence-corrected chi connectivity index (χ2v) is 9.98. The molecule has 0 radical (unpaired) electrons. The summed E-state index contributed by atoms with van der Waals surface area (Å²) in [7, 11) is -1.54. The fraction of sp³-hybridized carbons (Fsp3) is 0.143. The number of carbonyl (C=O) groups excluding carboxylic acids is 1. The van der Waals surface area contributed by atoms with E-state index in [1.54, 1.807) is 23.4 Å². The van der Waals surface area contributed by atoms with Crippen molar-refractivity contribution in [2.24, 2.45) is 11.4 Å². The van der Waals surface area contributed by atoms with Gasteiger partial charge in [0.15, 0.2) is 11.0 Å². The molecule has 0 saturated heterocycles. The Bertz CT molecular complexity index is 1400. The van der Waals surface area contributed by atoms with E-state index in [9.17, 15) is 13.2 Å². The zero-order valence-corrected chi connectivity index (χ0v) is 18.6. The molecule has 2 aromatic heterocycles. The van der Waals surface area contributed by atoms with Gasteiger partial charge in [-0.05, 0) is 12.2 Å². The van der Waals surface area contributed by atoms with Gasteiger partial charge in [-0.3, -0.25) is 10.1 Å². The molecule has 1 aromatic carbocycles. The van der Waals surface area contributed by atoms with Gasteiger partial charge in [0.25, 0.3) is 15.9 Å². The van der Waals surface area contributed by atoms with E-state index in [1.165, 1.54) is 17.4 Å². The number of aryl methyl sites for hydroxylation is 1. The van der Waals surface area contributed by atoms with E-state index in [-0.39, 0.29) is 18.2 Å². The Balaban J connectivity index is 1.45. The van der Waals surface area contributed by atoms with Crippen LogP contribution in [0, 0.1) is 0 Å². The molecule has 0 unspecified atom stereocenters. The molecule has 11 heteroatoms. The second kappa shape index (κ2) is 7.84. The summed E-state index contributed by atoms with van der Waals surface area (Å²) in [5.74, 6) is 0.642. The number of amides is 1. The third-order valence-corrected chi connectivity index (χ3v) is 7.14. The quantitative estimate of drug-likeness (QED) is 0.633. The van der Waals surface area contributed by atoms with Crippen LogP contribution in [0.15, 0.2) is 71.0 Å². The predicted molar refractivity (Wildman–Crippen MR) is 124 cm³/mol. The summed E-state index contributed by atoms with van der Waals surface area (Å²) in [6.45, 7) is 0.251. The highest BCUT2D eigenvalue weighted by Gasteiger charge is 2.26. The molecule has 4 heterocycles. The normalized spacial score (nSPS) is 16.8. The van der Waals surface area contributed by atoms with E-state index in [4.69, 9.17) is 0 Å². The highest BCUT2D eigenvalue weighted by Crippen LogP contribution is 2.38. The van der Waals surface area contributed by atoms with Crippen molar-refractivity contribution in [2.75, 3.05) is 17.6 Å². The average Bonchev–Trinajstić information content (AvgIpc) is 3.39. The zero-order valence-electron chi connectivity index (χ0n) is 17.0.